The molecule has 0 aliphatic rings. The summed E-state index contributed by atoms with van der Waals surface area (Å²) in [6.45, 7) is 5.85. The third kappa shape index (κ3) is 22.0. The average molecular weight is 408 g/mol. The van der Waals surface area contributed by atoms with Crippen molar-refractivity contribution >= 4 is 13.8 Å². The number of ether oxygens (including phenoxy) is 2. The molecule has 3 nitrogen and oxygen atoms in total. The lowest BCUT2D eigenvalue weighted by atomic mass is 10.0. The summed E-state index contributed by atoms with van der Waals surface area (Å²) in [5, 5.41) is 0. The molecule has 0 saturated carbocycles. The van der Waals surface area contributed by atoms with Gasteiger partial charge in [-0.2, -0.15) is 0 Å². The van der Waals surface area contributed by atoms with Crippen LogP contribution in [0.5, 0.6) is 0 Å². The minimum atomic E-state index is -0.0199. The normalized spacial score (nSPS) is 12.2. The molecule has 0 aliphatic heterocycles. The first-order valence-corrected chi connectivity index (χ1v) is 12.7. The van der Waals surface area contributed by atoms with Gasteiger partial charge in [-0.05, 0) is 25.7 Å². The fourth-order valence-electron chi connectivity index (χ4n) is 3.56. The molecule has 170 valence electrons. The highest BCUT2D eigenvalue weighted by Crippen LogP contribution is 2.15. The molecule has 1 unspecified atom stereocenters. The maximum atomic E-state index is 12.3. The van der Waals surface area contributed by atoms with Crippen LogP contribution >= 0.6 is 0 Å². The first kappa shape index (κ1) is 28.5. The summed E-state index contributed by atoms with van der Waals surface area (Å²) in [6.07, 6.45) is 21.5. The molecule has 0 heterocycles. The number of hydrogen-bond acceptors (Lipinski definition) is 3. The molecule has 0 spiro atoms. The van der Waals surface area contributed by atoms with E-state index in [1.54, 1.807) is 0 Å². The van der Waals surface area contributed by atoms with Gasteiger partial charge in [0.15, 0.2) is 0 Å². The summed E-state index contributed by atoms with van der Waals surface area (Å²) in [5.74, 6) is -0.0199. The van der Waals surface area contributed by atoms with Gasteiger partial charge in [0.1, 0.15) is 6.10 Å². The predicted octanol–water partition coefficient (Wildman–Crippen LogP) is 7.56. The maximum absolute atomic E-state index is 12.3. The molecule has 2 radical (unpaired) electrons. The number of rotatable bonds is 23. The number of carbonyl (C=O) groups is 1. The second kappa shape index (κ2) is 23.8. The first-order valence-electron chi connectivity index (χ1n) is 12.7. The van der Waals surface area contributed by atoms with E-state index in [0.717, 1.165) is 38.5 Å². The molecule has 1 atom stereocenters. The molecule has 29 heavy (non-hydrogen) atoms. The zero-order chi connectivity index (χ0) is 21.4. The van der Waals surface area contributed by atoms with Crippen LogP contribution in [-0.2, 0) is 14.3 Å². The van der Waals surface area contributed by atoms with Crippen molar-refractivity contribution in [2.24, 2.45) is 0 Å². The Hall–Kier alpha value is -0.505. The Bertz CT molecular complexity index is 322. The number of hydrogen-bond donors (Lipinski definition) is 0. The van der Waals surface area contributed by atoms with Crippen molar-refractivity contribution in [2.45, 2.75) is 142 Å². The lowest BCUT2D eigenvalue weighted by molar-refractivity contribution is -0.150. The van der Waals surface area contributed by atoms with Gasteiger partial charge in [0, 0.05) is 19.4 Å². The van der Waals surface area contributed by atoms with Crippen molar-refractivity contribution in [3.8, 4) is 0 Å². The fraction of sp³-hybridized carbons (Fsp3) is 0.960. The third-order valence-corrected chi connectivity index (χ3v) is 5.49. The maximum Gasteiger partial charge on any atom is 0.306 e. The van der Waals surface area contributed by atoms with Gasteiger partial charge in [-0.1, -0.05) is 97.2 Å². The molecular weight excluding hydrogens is 359 g/mol. The van der Waals surface area contributed by atoms with Crippen LogP contribution < -0.4 is 0 Å². The third-order valence-electron chi connectivity index (χ3n) is 5.49. The summed E-state index contributed by atoms with van der Waals surface area (Å²) in [6, 6.07) is 0. The summed E-state index contributed by atoms with van der Waals surface area (Å²) < 4.78 is 11.4. The van der Waals surface area contributed by atoms with E-state index in [-0.39, 0.29) is 12.1 Å². The molecule has 0 aromatic heterocycles. The minimum absolute atomic E-state index is 0.0144. The predicted molar refractivity (Wildman–Crippen MR) is 126 cm³/mol. The van der Waals surface area contributed by atoms with E-state index in [0.29, 0.717) is 26.0 Å². The van der Waals surface area contributed by atoms with E-state index in [1.807, 2.05) is 0 Å². The Morgan fingerprint density at radius 3 is 1.83 bits per heavy atom. The second-order valence-corrected chi connectivity index (χ2v) is 8.44. The molecule has 0 bridgehead atoms. The zero-order valence-corrected chi connectivity index (χ0v) is 19.7. The van der Waals surface area contributed by atoms with E-state index in [1.165, 1.54) is 70.6 Å². The Morgan fingerprint density at radius 2 is 1.24 bits per heavy atom. The lowest BCUT2D eigenvalue weighted by Gasteiger charge is -2.18. The Balaban J connectivity index is 3.88. The fourth-order valence-corrected chi connectivity index (χ4v) is 3.56. The van der Waals surface area contributed by atoms with Gasteiger partial charge in [-0.3, -0.25) is 4.79 Å². The summed E-state index contributed by atoms with van der Waals surface area (Å²) in [5.41, 5.74) is 0. The van der Waals surface area contributed by atoms with Crippen molar-refractivity contribution in [3.63, 3.8) is 0 Å². The van der Waals surface area contributed by atoms with Crippen LogP contribution in [0.1, 0.15) is 129 Å². The van der Waals surface area contributed by atoms with Gasteiger partial charge < -0.3 is 9.47 Å². The van der Waals surface area contributed by atoms with Crippen LogP contribution in [0.3, 0.4) is 0 Å². The van der Waals surface area contributed by atoms with Crippen molar-refractivity contribution in [1.29, 1.82) is 0 Å². The van der Waals surface area contributed by atoms with Gasteiger partial charge in [0.25, 0.3) is 0 Å². The monoisotopic (exact) mass is 408 g/mol. The van der Waals surface area contributed by atoms with Crippen molar-refractivity contribution in [3.05, 3.63) is 0 Å². The summed E-state index contributed by atoms with van der Waals surface area (Å²) in [4.78, 5) is 12.3. The van der Waals surface area contributed by atoms with Gasteiger partial charge in [-0.25, -0.2) is 0 Å². The van der Waals surface area contributed by atoms with E-state index in [9.17, 15) is 4.79 Å². The largest absolute Gasteiger partial charge is 0.462 e. The summed E-state index contributed by atoms with van der Waals surface area (Å²) in [7, 11) is 5.50. The zero-order valence-electron chi connectivity index (χ0n) is 19.7. The van der Waals surface area contributed by atoms with Crippen LogP contribution in [0.4, 0.5) is 0 Å². The first-order chi connectivity index (χ1) is 14.2. The standard InChI is InChI=1S/C25H49BO3/c1-3-5-7-9-10-11-12-14-16-19-25(27)29-24(18-15-13-8-6-4-2)20-23-28-22-17-21-26/h24H,3-23H2,1-2H3. The van der Waals surface area contributed by atoms with Crippen LogP contribution in [0, 0.1) is 0 Å². The molecule has 0 amide bonds. The van der Waals surface area contributed by atoms with Crippen molar-refractivity contribution in [1.82, 2.24) is 0 Å². The second-order valence-electron chi connectivity index (χ2n) is 8.44. The average Bonchev–Trinajstić information content (AvgIpc) is 2.72. The molecular formula is C25H49BO3. The van der Waals surface area contributed by atoms with E-state index in [2.05, 4.69) is 13.8 Å². The van der Waals surface area contributed by atoms with Crippen LogP contribution in [0.25, 0.3) is 0 Å². The lowest BCUT2D eigenvalue weighted by Crippen LogP contribution is -2.20. The van der Waals surface area contributed by atoms with Gasteiger partial charge in [-0.15, -0.1) is 0 Å². The Morgan fingerprint density at radius 1 is 0.690 bits per heavy atom. The highest BCUT2D eigenvalue weighted by atomic mass is 16.5. The van der Waals surface area contributed by atoms with Crippen LogP contribution in [0.2, 0.25) is 6.32 Å². The molecule has 0 N–H and O–H groups in total. The molecule has 0 aromatic carbocycles. The van der Waals surface area contributed by atoms with E-state index < -0.39 is 0 Å². The SMILES string of the molecule is [B]CCCOCCC(CCCCCCC)OC(=O)CCCCCCCCCCC. The van der Waals surface area contributed by atoms with E-state index >= 15 is 0 Å². The highest BCUT2D eigenvalue weighted by molar-refractivity contribution is 6.08. The number of unbranched alkanes of at least 4 members (excludes halogenated alkanes) is 12. The van der Waals surface area contributed by atoms with Crippen molar-refractivity contribution in [2.75, 3.05) is 13.2 Å². The topological polar surface area (TPSA) is 35.5 Å². The smallest absolute Gasteiger partial charge is 0.306 e. The molecule has 0 aliphatic carbocycles. The molecule has 0 rings (SSSR count). The Labute approximate surface area is 183 Å². The van der Waals surface area contributed by atoms with Crippen LogP contribution in [0.15, 0.2) is 0 Å². The van der Waals surface area contributed by atoms with Gasteiger partial charge in [0.2, 0.25) is 0 Å². The van der Waals surface area contributed by atoms with Gasteiger partial charge in [0.05, 0.1) is 14.5 Å². The van der Waals surface area contributed by atoms with Gasteiger partial charge >= 0.3 is 5.97 Å². The summed E-state index contributed by atoms with van der Waals surface area (Å²) >= 11 is 0. The molecule has 4 heteroatoms. The number of esters is 1. The Kier molecular flexibility index (Phi) is 23.4. The highest BCUT2D eigenvalue weighted by Gasteiger charge is 2.14. The van der Waals surface area contributed by atoms with Crippen LogP contribution in [-0.4, -0.2) is 33.1 Å². The molecule has 0 fully saturated rings. The molecule has 0 aromatic rings. The van der Waals surface area contributed by atoms with E-state index in [4.69, 9.17) is 17.3 Å². The molecule has 0 saturated heterocycles. The minimum Gasteiger partial charge on any atom is -0.462 e. The van der Waals surface area contributed by atoms with Crippen molar-refractivity contribution < 1.29 is 14.3 Å². The quantitative estimate of drug-likeness (QED) is 0.0994. The number of carbonyl (C=O) groups excluding carboxylic acids is 1.